The van der Waals surface area contributed by atoms with Crippen molar-refractivity contribution in [3.63, 3.8) is 0 Å². The highest BCUT2D eigenvalue weighted by Crippen LogP contribution is 2.28. The van der Waals surface area contributed by atoms with E-state index in [4.69, 9.17) is 0 Å². The van der Waals surface area contributed by atoms with E-state index >= 15 is 0 Å². The van der Waals surface area contributed by atoms with E-state index in [0.717, 1.165) is 6.07 Å². The Morgan fingerprint density at radius 3 is 2.12 bits per heavy atom. The van der Waals surface area contributed by atoms with Gasteiger partial charge in [-0.1, -0.05) is 27.7 Å². The minimum Gasteiger partial charge on any atom is -0.269 e. The summed E-state index contributed by atoms with van der Waals surface area (Å²) in [5, 5.41) is 3.51. The molecule has 1 aromatic heterocycles. The topological polar surface area (TPSA) is 17.8 Å². The summed E-state index contributed by atoms with van der Waals surface area (Å²) in [7, 11) is 0. The normalized spacial score (nSPS) is 11.3. The molecule has 0 aliphatic rings. The summed E-state index contributed by atoms with van der Waals surface area (Å²) in [6, 6.07) is 1.07. The number of halogens is 3. The lowest BCUT2D eigenvalue weighted by Gasteiger charge is -2.06. The molecule has 1 aromatic rings. The average molecular weight is 236 g/mol. The van der Waals surface area contributed by atoms with Gasteiger partial charge < -0.3 is 0 Å². The summed E-state index contributed by atoms with van der Waals surface area (Å²) in [6.45, 7) is 10.0. The molecule has 0 N–H and O–H groups in total. The van der Waals surface area contributed by atoms with Crippen LogP contribution in [-0.4, -0.2) is 9.78 Å². The van der Waals surface area contributed by atoms with Crippen LogP contribution in [0.4, 0.5) is 13.2 Å². The third kappa shape index (κ3) is 4.24. The van der Waals surface area contributed by atoms with Crippen LogP contribution in [0, 0.1) is 12.8 Å². The molecule has 0 fully saturated rings. The van der Waals surface area contributed by atoms with Crippen molar-refractivity contribution in [2.75, 3.05) is 0 Å². The first-order chi connectivity index (χ1) is 7.30. The predicted octanol–water partition coefficient (Wildman–Crippen LogP) is 3.89. The molecule has 0 aliphatic heterocycles. The van der Waals surface area contributed by atoms with Crippen LogP contribution in [0.3, 0.4) is 0 Å². The van der Waals surface area contributed by atoms with Crippen LogP contribution in [0.25, 0.3) is 0 Å². The Morgan fingerprint density at radius 1 is 1.31 bits per heavy atom. The van der Waals surface area contributed by atoms with Gasteiger partial charge in [0.05, 0.1) is 0 Å². The third-order valence-electron chi connectivity index (χ3n) is 1.81. The zero-order chi connectivity index (χ0) is 12.9. The molecule has 0 aliphatic carbocycles. The molecule has 0 spiro atoms. The molecule has 0 aromatic carbocycles. The Labute approximate surface area is 94.5 Å². The summed E-state index contributed by atoms with van der Waals surface area (Å²) in [5.74, 6) is 0.287. The highest BCUT2D eigenvalue weighted by atomic mass is 19.4. The zero-order valence-electron chi connectivity index (χ0n) is 10.4. The minimum absolute atomic E-state index is 0.287. The third-order valence-corrected chi connectivity index (χ3v) is 1.81. The van der Waals surface area contributed by atoms with Gasteiger partial charge in [-0.15, -0.1) is 0 Å². The molecule has 94 valence electrons. The second kappa shape index (κ2) is 5.92. The second-order valence-electron chi connectivity index (χ2n) is 3.74. The van der Waals surface area contributed by atoms with Crippen LogP contribution >= 0.6 is 0 Å². The summed E-state index contributed by atoms with van der Waals surface area (Å²) in [6.07, 6.45) is -4.34. The van der Waals surface area contributed by atoms with E-state index < -0.39 is 11.9 Å². The van der Waals surface area contributed by atoms with Gasteiger partial charge in [0.25, 0.3) is 0 Å². The van der Waals surface area contributed by atoms with Crippen molar-refractivity contribution in [1.29, 1.82) is 0 Å². The predicted molar refractivity (Wildman–Crippen MR) is 58.2 cm³/mol. The van der Waals surface area contributed by atoms with E-state index in [2.05, 4.69) is 5.10 Å². The number of aryl methyl sites for hydroxylation is 1. The average Bonchev–Trinajstić information content (AvgIpc) is 2.50. The van der Waals surface area contributed by atoms with Crippen molar-refractivity contribution in [2.45, 2.75) is 47.3 Å². The van der Waals surface area contributed by atoms with E-state index in [9.17, 15) is 13.2 Å². The molecular weight excluding hydrogens is 217 g/mol. The highest BCUT2D eigenvalue weighted by Gasteiger charge is 2.34. The first-order valence-electron chi connectivity index (χ1n) is 5.42. The summed E-state index contributed by atoms with van der Waals surface area (Å²) >= 11 is 0. The van der Waals surface area contributed by atoms with Gasteiger partial charge in [0.2, 0.25) is 0 Å². The van der Waals surface area contributed by atoms with Gasteiger partial charge in [-0.3, -0.25) is 4.68 Å². The molecule has 0 saturated carbocycles. The van der Waals surface area contributed by atoms with Crippen molar-refractivity contribution < 1.29 is 13.2 Å². The molecule has 5 heteroatoms. The smallest absolute Gasteiger partial charge is 0.269 e. The van der Waals surface area contributed by atoms with E-state index in [-0.39, 0.29) is 5.92 Å². The van der Waals surface area contributed by atoms with Gasteiger partial charge in [-0.05, 0) is 18.9 Å². The van der Waals surface area contributed by atoms with Gasteiger partial charge in [0, 0.05) is 12.2 Å². The van der Waals surface area contributed by atoms with Crippen molar-refractivity contribution in [3.05, 3.63) is 17.5 Å². The zero-order valence-corrected chi connectivity index (χ0v) is 10.4. The molecule has 1 heterocycles. The number of rotatable bonds is 2. The van der Waals surface area contributed by atoms with E-state index in [1.165, 1.54) is 4.68 Å². The number of nitrogens with zero attached hydrogens (tertiary/aromatic N) is 2. The van der Waals surface area contributed by atoms with Gasteiger partial charge in [-0.2, -0.15) is 18.3 Å². The molecule has 1 rings (SSSR count). The Bertz CT molecular complexity index is 314. The molecule has 0 saturated heterocycles. The quantitative estimate of drug-likeness (QED) is 0.761. The SMILES string of the molecule is CC.Cc1cc(C(F)(F)F)nn1CC(C)C. The van der Waals surface area contributed by atoms with Gasteiger partial charge in [-0.25, -0.2) is 0 Å². The standard InChI is InChI=1S/C9H13F3N2.C2H6/c1-6(2)5-14-7(3)4-8(13-14)9(10,11)12;1-2/h4,6H,5H2,1-3H3;1-2H3. The Kier molecular flexibility index (Phi) is 5.55. The molecular formula is C11H19F3N2. The second-order valence-corrected chi connectivity index (χ2v) is 3.74. The van der Waals surface area contributed by atoms with Crippen LogP contribution in [0.1, 0.15) is 39.1 Å². The number of aromatic nitrogens is 2. The maximum atomic E-state index is 12.2. The fourth-order valence-corrected chi connectivity index (χ4v) is 1.18. The van der Waals surface area contributed by atoms with Crippen molar-refractivity contribution in [2.24, 2.45) is 5.92 Å². The fourth-order valence-electron chi connectivity index (χ4n) is 1.18. The Morgan fingerprint density at radius 2 is 1.81 bits per heavy atom. The monoisotopic (exact) mass is 236 g/mol. The van der Waals surface area contributed by atoms with E-state index in [1.54, 1.807) is 6.92 Å². The van der Waals surface area contributed by atoms with Gasteiger partial charge in [0.1, 0.15) is 0 Å². The van der Waals surface area contributed by atoms with E-state index in [1.807, 2.05) is 27.7 Å². The fraction of sp³-hybridized carbons (Fsp3) is 0.727. The minimum atomic E-state index is -4.34. The van der Waals surface area contributed by atoms with Gasteiger partial charge in [0.15, 0.2) is 5.69 Å². The molecule has 16 heavy (non-hydrogen) atoms. The Hall–Kier alpha value is -1.00. The Balaban J connectivity index is 0.00000106. The summed E-state index contributed by atoms with van der Waals surface area (Å²) in [5.41, 5.74) is -0.262. The van der Waals surface area contributed by atoms with Gasteiger partial charge >= 0.3 is 6.18 Å². The lowest BCUT2D eigenvalue weighted by atomic mass is 10.2. The molecule has 0 atom stereocenters. The summed E-state index contributed by atoms with van der Waals surface area (Å²) in [4.78, 5) is 0. The molecule has 0 amide bonds. The number of alkyl halides is 3. The first-order valence-corrected chi connectivity index (χ1v) is 5.42. The van der Waals surface area contributed by atoms with Crippen molar-refractivity contribution in [3.8, 4) is 0 Å². The van der Waals surface area contributed by atoms with Crippen LogP contribution in [-0.2, 0) is 12.7 Å². The number of hydrogen-bond acceptors (Lipinski definition) is 1. The van der Waals surface area contributed by atoms with E-state index in [0.29, 0.717) is 12.2 Å². The lowest BCUT2D eigenvalue weighted by molar-refractivity contribution is -0.141. The van der Waals surface area contributed by atoms with Crippen LogP contribution in [0.15, 0.2) is 6.07 Å². The molecule has 0 unspecified atom stereocenters. The summed E-state index contributed by atoms with van der Waals surface area (Å²) < 4.78 is 38.1. The van der Waals surface area contributed by atoms with Crippen molar-refractivity contribution >= 4 is 0 Å². The highest BCUT2D eigenvalue weighted by molar-refractivity contribution is 5.11. The molecule has 2 nitrogen and oxygen atoms in total. The first kappa shape index (κ1) is 15.0. The van der Waals surface area contributed by atoms with Crippen molar-refractivity contribution in [1.82, 2.24) is 9.78 Å². The maximum absolute atomic E-state index is 12.2. The van der Waals surface area contributed by atoms with Crippen LogP contribution in [0.2, 0.25) is 0 Å². The number of hydrogen-bond donors (Lipinski definition) is 0. The maximum Gasteiger partial charge on any atom is 0.435 e. The lowest BCUT2D eigenvalue weighted by Crippen LogP contribution is -2.11. The molecule has 0 radical (unpaired) electrons. The van der Waals surface area contributed by atoms with Crippen LogP contribution in [0.5, 0.6) is 0 Å². The molecule has 0 bridgehead atoms. The largest absolute Gasteiger partial charge is 0.435 e. The van der Waals surface area contributed by atoms with Crippen LogP contribution < -0.4 is 0 Å².